The molecule has 0 aliphatic heterocycles. The van der Waals surface area contributed by atoms with Crippen molar-refractivity contribution in [2.24, 2.45) is 0 Å². The monoisotopic (exact) mass is 426 g/mol. The zero-order valence-electron chi connectivity index (χ0n) is 17.0. The molecular weight excluding hydrogens is 400 g/mol. The Morgan fingerprint density at radius 3 is 2.47 bits per heavy atom. The van der Waals surface area contributed by atoms with Crippen LogP contribution in [-0.2, 0) is 16.6 Å². The molecule has 0 saturated heterocycles. The van der Waals surface area contributed by atoms with Gasteiger partial charge in [0.1, 0.15) is 5.75 Å². The number of H-pyrrole nitrogens is 1. The molecule has 30 heavy (non-hydrogen) atoms. The molecule has 1 saturated carbocycles. The van der Waals surface area contributed by atoms with Crippen molar-refractivity contribution in [2.75, 3.05) is 7.11 Å². The molecule has 0 spiro atoms. The van der Waals surface area contributed by atoms with Crippen molar-refractivity contribution in [3.05, 3.63) is 70.5 Å². The minimum atomic E-state index is -3.73. The van der Waals surface area contributed by atoms with Crippen molar-refractivity contribution < 1.29 is 13.2 Å². The molecule has 3 aromatic rings. The van der Waals surface area contributed by atoms with Gasteiger partial charge >= 0.3 is 0 Å². The number of nitrogens with one attached hydrogen (secondary N) is 1. The van der Waals surface area contributed by atoms with Crippen LogP contribution in [0.3, 0.4) is 0 Å². The second-order valence-electron chi connectivity index (χ2n) is 7.73. The number of benzene rings is 2. The minimum Gasteiger partial charge on any atom is -0.497 e. The molecule has 1 fully saturated rings. The van der Waals surface area contributed by atoms with E-state index in [1.807, 2.05) is 6.07 Å². The van der Waals surface area contributed by atoms with Crippen molar-refractivity contribution in [3.8, 4) is 5.75 Å². The van der Waals surface area contributed by atoms with Gasteiger partial charge in [-0.3, -0.25) is 4.79 Å². The van der Waals surface area contributed by atoms with Gasteiger partial charge in [0.05, 0.1) is 12.0 Å². The predicted octanol–water partition coefficient (Wildman–Crippen LogP) is 4.06. The largest absolute Gasteiger partial charge is 0.497 e. The number of rotatable bonds is 6. The standard InChI is InChI=1S/C23H26N2O4S/c1-29-20-12-13-22-17(15-20)14-18(23(26)24-22)16-25(19-8-4-2-5-9-19)30(27,28)21-10-6-3-7-11-21/h3,6-7,10-15,19H,2,4-5,8-9,16H2,1H3,(H,24,26). The number of ether oxygens (including phenoxy) is 1. The Hall–Kier alpha value is -2.64. The van der Waals surface area contributed by atoms with Gasteiger partial charge in [-0.1, -0.05) is 37.5 Å². The second kappa shape index (κ2) is 8.62. The number of aromatic nitrogens is 1. The molecule has 4 rings (SSSR count). The number of nitrogens with zero attached hydrogens (tertiary/aromatic N) is 1. The van der Waals surface area contributed by atoms with E-state index >= 15 is 0 Å². The van der Waals surface area contributed by atoms with Gasteiger partial charge in [0.2, 0.25) is 10.0 Å². The van der Waals surface area contributed by atoms with Gasteiger partial charge in [-0.15, -0.1) is 0 Å². The summed E-state index contributed by atoms with van der Waals surface area (Å²) in [4.78, 5) is 15.9. The van der Waals surface area contributed by atoms with E-state index in [2.05, 4.69) is 4.98 Å². The van der Waals surface area contributed by atoms with Crippen LogP contribution in [0, 0.1) is 0 Å². The van der Waals surface area contributed by atoms with E-state index < -0.39 is 10.0 Å². The van der Waals surface area contributed by atoms with Crippen LogP contribution in [0.15, 0.2) is 64.3 Å². The summed E-state index contributed by atoms with van der Waals surface area (Å²) in [6.07, 6.45) is 4.73. The number of hydrogen-bond donors (Lipinski definition) is 1. The van der Waals surface area contributed by atoms with Gasteiger partial charge in [-0.25, -0.2) is 8.42 Å². The molecule has 2 aromatic carbocycles. The Balaban J connectivity index is 1.76. The van der Waals surface area contributed by atoms with Crippen LogP contribution in [0.1, 0.15) is 37.7 Å². The van der Waals surface area contributed by atoms with E-state index in [0.717, 1.165) is 37.5 Å². The summed E-state index contributed by atoms with van der Waals surface area (Å²) in [5, 5.41) is 0.810. The molecule has 1 heterocycles. The molecule has 158 valence electrons. The fraction of sp³-hybridized carbons (Fsp3) is 0.348. The molecule has 7 heteroatoms. The van der Waals surface area contributed by atoms with Crippen molar-refractivity contribution in [3.63, 3.8) is 0 Å². The molecular formula is C23H26N2O4S. The quantitative estimate of drug-likeness (QED) is 0.645. The summed E-state index contributed by atoms with van der Waals surface area (Å²) in [6.45, 7) is 0.0460. The number of pyridine rings is 1. The van der Waals surface area contributed by atoms with E-state index in [9.17, 15) is 13.2 Å². The van der Waals surface area contributed by atoms with Gasteiger partial charge in [0, 0.05) is 29.1 Å². The molecule has 1 N–H and O–H groups in total. The van der Waals surface area contributed by atoms with E-state index in [-0.39, 0.29) is 23.0 Å². The van der Waals surface area contributed by atoms with Gasteiger partial charge in [0.25, 0.3) is 5.56 Å². The zero-order valence-corrected chi connectivity index (χ0v) is 17.8. The fourth-order valence-electron chi connectivity index (χ4n) is 4.15. The maximum atomic E-state index is 13.5. The molecule has 1 aliphatic carbocycles. The molecule has 1 aromatic heterocycles. The van der Waals surface area contributed by atoms with Crippen molar-refractivity contribution >= 4 is 20.9 Å². The Morgan fingerprint density at radius 2 is 1.77 bits per heavy atom. The lowest BCUT2D eigenvalue weighted by molar-refractivity contribution is 0.247. The smallest absolute Gasteiger partial charge is 0.252 e. The topological polar surface area (TPSA) is 79.5 Å². The average molecular weight is 427 g/mol. The summed E-state index contributed by atoms with van der Waals surface area (Å²) in [6, 6.07) is 15.5. The first-order valence-electron chi connectivity index (χ1n) is 10.3. The number of aromatic amines is 1. The lowest BCUT2D eigenvalue weighted by Gasteiger charge is -2.33. The van der Waals surface area contributed by atoms with Crippen LogP contribution in [0.25, 0.3) is 10.9 Å². The van der Waals surface area contributed by atoms with Crippen LogP contribution < -0.4 is 10.3 Å². The van der Waals surface area contributed by atoms with Crippen LogP contribution in [-0.4, -0.2) is 30.9 Å². The van der Waals surface area contributed by atoms with Gasteiger partial charge in [-0.05, 0) is 49.2 Å². The van der Waals surface area contributed by atoms with Crippen molar-refractivity contribution in [2.45, 2.75) is 49.6 Å². The average Bonchev–Trinajstić information content (AvgIpc) is 2.78. The fourth-order valence-corrected chi connectivity index (χ4v) is 5.83. The lowest BCUT2D eigenvalue weighted by atomic mass is 9.95. The minimum absolute atomic E-state index is 0.0460. The Morgan fingerprint density at radius 1 is 1.03 bits per heavy atom. The highest BCUT2D eigenvalue weighted by Gasteiger charge is 2.33. The van der Waals surface area contributed by atoms with Crippen LogP contribution in [0.4, 0.5) is 0 Å². The Labute approximate surface area is 176 Å². The number of methoxy groups -OCH3 is 1. The Kier molecular flexibility index (Phi) is 5.92. The Bertz CT molecular complexity index is 1180. The summed E-state index contributed by atoms with van der Waals surface area (Å²) < 4.78 is 33.8. The highest BCUT2D eigenvalue weighted by Crippen LogP contribution is 2.29. The van der Waals surface area contributed by atoms with E-state index in [4.69, 9.17) is 4.74 Å². The van der Waals surface area contributed by atoms with Gasteiger partial charge < -0.3 is 9.72 Å². The van der Waals surface area contributed by atoms with Crippen molar-refractivity contribution in [1.29, 1.82) is 0 Å². The number of sulfonamides is 1. The maximum absolute atomic E-state index is 13.5. The lowest BCUT2D eigenvalue weighted by Crippen LogP contribution is -2.42. The predicted molar refractivity (Wildman–Crippen MR) is 117 cm³/mol. The van der Waals surface area contributed by atoms with E-state index in [1.165, 1.54) is 4.31 Å². The van der Waals surface area contributed by atoms with Gasteiger partial charge in [-0.2, -0.15) is 4.31 Å². The van der Waals surface area contributed by atoms with Crippen LogP contribution in [0.2, 0.25) is 0 Å². The van der Waals surface area contributed by atoms with E-state index in [0.29, 0.717) is 16.8 Å². The maximum Gasteiger partial charge on any atom is 0.252 e. The summed E-state index contributed by atoms with van der Waals surface area (Å²) >= 11 is 0. The molecule has 0 amide bonds. The molecule has 1 aliphatic rings. The molecule has 0 radical (unpaired) electrons. The third kappa shape index (κ3) is 4.13. The molecule has 6 nitrogen and oxygen atoms in total. The number of hydrogen-bond acceptors (Lipinski definition) is 4. The molecule has 0 atom stereocenters. The SMILES string of the molecule is COc1ccc2[nH]c(=O)c(CN(C3CCCCC3)S(=O)(=O)c3ccccc3)cc2c1. The van der Waals surface area contributed by atoms with Crippen LogP contribution in [0.5, 0.6) is 5.75 Å². The molecule has 0 unspecified atom stereocenters. The van der Waals surface area contributed by atoms with Gasteiger partial charge in [0.15, 0.2) is 0 Å². The second-order valence-corrected chi connectivity index (χ2v) is 9.62. The highest BCUT2D eigenvalue weighted by molar-refractivity contribution is 7.89. The first kappa shape index (κ1) is 20.6. The summed E-state index contributed by atoms with van der Waals surface area (Å²) in [7, 11) is -2.14. The first-order valence-corrected chi connectivity index (χ1v) is 11.7. The summed E-state index contributed by atoms with van der Waals surface area (Å²) in [5.74, 6) is 0.682. The third-order valence-electron chi connectivity index (χ3n) is 5.79. The number of fused-ring (bicyclic) bond motifs is 1. The highest BCUT2D eigenvalue weighted by atomic mass is 32.2. The first-order chi connectivity index (χ1) is 14.5. The normalized spacial score (nSPS) is 15.5. The summed E-state index contributed by atoms with van der Waals surface area (Å²) in [5.41, 5.74) is 0.859. The zero-order chi connectivity index (χ0) is 21.1. The van der Waals surface area contributed by atoms with Crippen LogP contribution >= 0.6 is 0 Å². The van der Waals surface area contributed by atoms with Crippen molar-refractivity contribution in [1.82, 2.24) is 9.29 Å². The molecule has 0 bridgehead atoms. The van der Waals surface area contributed by atoms with E-state index in [1.54, 1.807) is 55.6 Å². The third-order valence-corrected chi connectivity index (χ3v) is 7.70.